The van der Waals surface area contributed by atoms with E-state index in [4.69, 9.17) is 0 Å². The summed E-state index contributed by atoms with van der Waals surface area (Å²) in [7, 11) is 0. The molecule has 1 aromatic carbocycles. The van der Waals surface area contributed by atoms with Gasteiger partial charge < -0.3 is 9.55 Å². The number of imidazole rings is 1. The molecule has 3 aromatic rings. The summed E-state index contributed by atoms with van der Waals surface area (Å²) in [4.78, 5) is 18.5. The van der Waals surface area contributed by atoms with Crippen LogP contribution in [-0.2, 0) is 12.7 Å². The molecule has 0 spiro atoms. The zero-order chi connectivity index (χ0) is 16.8. The van der Waals surface area contributed by atoms with E-state index in [2.05, 4.69) is 9.97 Å². The largest absolute Gasteiger partial charge is 0.418 e. The lowest BCUT2D eigenvalue weighted by Gasteiger charge is -2.11. The Morgan fingerprint density at radius 2 is 2.04 bits per heavy atom. The number of nitrogens with zero attached hydrogens (tertiary/aromatic N) is 2. The molecule has 0 radical (unpaired) electrons. The Morgan fingerprint density at radius 1 is 1.30 bits per heavy atom. The second-order valence-electron chi connectivity index (χ2n) is 5.22. The van der Waals surface area contributed by atoms with Gasteiger partial charge in [-0.3, -0.25) is 4.79 Å². The number of rotatable bonds is 3. The molecule has 0 aliphatic heterocycles. The molecule has 0 saturated heterocycles. The van der Waals surface area contributed by atoms with Crippen molar-refractivity contribution >= 4 is 16.8 Å². The number of aryl methyl sites for hydroxylation is 1. The van der Waals surface area contributed by atoms with Gasteiger partial charge in [-0.25, -0.2) is 4.98 Å². The topological polar surface area (TPSA) is 50.7 Å². The van der Waals surface area contributed by atoms with Crippen molar-refractivity contribution in [2.24, 2.45) is 0 Å². The predicted molar refractivity (Wildman–Crippen MR) is 80.2 cm³/mol. The zero-order valence-corrected chi connectivity index (χ0v) is 12.5. The molecule has 7 heteroatoms. The van der Waals surface area contributed by atoms with Crippen molar-refractivity contribution in [1.29, 1.82) is 0 Å². The van der Waals surface area contributed by atoms with Gasteiger partial charge in [-0.15, -0.1) is 0 Å². The van der Waals surface area contributed by atoms with E-state index in [1.807, 2.05) is 0 Å². The molecular weight excluding hydrogens is 307 g/mol. The summed E-state index contributed by atoms with van der Waals surface area (Å²) in [5, 5.41) is 0. The van der Waals surface area contributed by atoms with Crippen LogP contribution in [0.2, 0.25) is 0 Å². The van der Waals surface area contributed by atoms with Crippen molar-refractivity contribution in [2.75, 3.05) is 0 Å². The maximum atomic E-state index is 13.4. The number of aromatic amines is 1. The van der Waals surface area contributed by atoms with Crippen LogP contribution >= 0.6 is 0 Å². The molecular formula is C16H14F3N3O. The van der Waals surface area contributed by atoms with Gasteiger partial charge in [-0.1, -0.05) is 0 Å². The summed E-state index contributed by atoms with van der Waals surface area (Å²) in [6.45, 7) is 3.43. The first kappa shape index (κ1) is 15.3. The molecule has 0 aliphatic carbocycles. The minimum absolute atomic E-state index is 0.0409. The van der Waals surface area contributed by atoms with E-state index in [1.54, 1.807) is 31.5 Å². The Labute approximate surface area is 130 Å². The Hall–Kier alpha value is -2.57. The third-order valence-corrected chi connectivity index (χ3v) is 3.72. The van der Waals surface area contributed by atoms with Crippen molar-refractivity contribution in [3.8, 4) is 11.1 Å². The SMILES string of the molecule is CCn1c(C(C)=O)nc2c(C(F)(F)F)cc(-c3cc[nH]c3)cc21. The highest BCUT2D eigenvalue weighted by molar-refractivity contribution is 5.96. The summed E-state index contributed by atoms with van der Waals surface area (Å²) < 4.78 is 41.8. The number of halogens is 3. The number of benzene rings is 1. The fourth-order valence-electron chi connectivity index (χ4n) is 2.70. The van der Waals surface area contributed by atoms with Crippen LogP contribution in [0.5, 0.6) is 0 Å². The van der Waals surface area contributed by atoms with E-state index in [0.29, 0.717) is 23.2 Å². The minimum Gasteiger partial charge on any atom is -0.367 e. The first-order valence-corrected chi connectivity index (χ1v) is 7.08. The van der Waals surface area contributed by atoms with Gasteiger partial charge in [-0.2, -0.15) is 13.2 Å². The number of hydrogen-bond donors (Lipinski definition) is 1. The lowest BCUT2D eigenvalue weighted by atomic mass is 10.0. The number of alkyl halides is 3. The van der Waals surface area contributed by atoms with Crippen molar-refractivity contribution in [1.82, 2.24) is 14.5 Å². The van der Waals surface area contributed by atoms with Crippen molar-refractivity contribution in [3.05, 3.63) is 42.0 Å². The van der Waals surface area contributed by atoms with Crippen molar-refractivity contribution in [3.63, 3.8) is 0 Å². The van der Waals surface area contributed by atoms with Gasteiger partial charge >= 0.3 is 6.18 Å². The molecule has 0 amide bonds. The predicted octanol–water partition coefficient (Wildman–Crippen LogP) is 4.27. The van der Waals surface area contributed by atoms with Crippen LogP contribution in [0.3, 0.4) is 0 Å². The molecule has 120 valence electrons. The average molecular weight is 321 g/mol. The Balaban J connectivity index is 2.41. The third kappa shape index (κ3) is 2.52. The maximum absolute atomic E-state index is 13.4. The minimum atomic E-state index is -4.55. The second kappa shape index (κ2) is 5.26. The summed E-state index contributed by atoms with van der Waals surface area (Å²) in [6, 6.07) is 4.40. The van der Waals surface area contributed by atoms with Crippen LogP contribution < -0.4 is 0 Å². The third-order valence-electron chi connectivity index (χ3n) is 3.72. The molecule has 0 fully saturated rings. The zero-order valence-electron chi connectivity index (χ0n) is 12.5. The van der Waals surface area contributed by atoms with Crippen LogP contribution in [0.25, 0.3) is 22.2 Å². The first-order valence-electron chi connectivity index (χ1n) is 7.08. The number of carbonyl (C=O) groups excluding carboxylic acids is 1. The number of H-pyrrole nitrogens is 1. The standard InChI is InChI=1S/C16H14F3N3O/c1-3-22-13-7-11(10-4-5-20-8-10)6-12(16(17,18)19)14(13)21-15(22)9(2)23/h4-8,20H,3H2,1-2H3. The molecule has 1 N–H and O–H groups in total. The van der Waals surface area contributed by atoms with Crippen LogP contribution in [-0.4, -0.2) is 20.3 Å². The van der Waals surface area contributed by atoms with Crippen LogP contribution in [0.4, 0.5) is 13.2 Å². The van der Waals surface area contributed by atoms with E-state index < -0.39 is 11.7 Å². The lowest BCUT2D eigenvalue weighted by molar-refractivity contribution is -0.136. The van der Waals surface area contributed by atoms with E-state index >= 15 is 0 Å². The highest BCUT2D eigenvalue weighted by Crippen LogP contribution is 2.38. The van der Waals surface area contributed by atoms with Gasteiger partial charge in [0.05, 0.1) is 11.1 Å². The quantitative estimate of drug-likeness (QED) is 0.732. The van der Waals surface area contributed by atoms with Crippen molar-refractivity contribution in [2.45, 2.75) is 26.6 Å². The molecule has 2 aromatic heterocycles. The highest BCUT2D eigenvalue weighted by Gasteiger charge is 2.35. The number of ketones is 1. The number of Topliss-reactive ketones (excluding diaryl/α,β-unsaturated/α-hetero) is 1. The number of aromatic nitrogens is 3. The summed E-state index contributed by atoms with van der Waals surface area (Å²) in [6.07, 6.45) is -1.28. The number of hydrogen-bond acceptors (Lipinski definition) is 2. The molecule has 0 bridgehead atoms. The van der Waals surface area contributed by atoms with Crippen LogP contribution in [0, 0.1) is 0 Å². The smallest absolute Gasteiger partial charge is 0.367 e. The molecule has 2 heterocycles. The van der Waals surface area contributed by atoms with Crippen LogP contribution in [0.15, 0.2) is 30.6 Å². The summed E-state index contributed by atoms with van der Waals surface area (Å²) >= 11 is 0. The Bertz CT molecular complexity index is 876. The molecule has 0 saturated carbocycles. The first-order chi connectivity index (χ1) is 10.8. The second-order valence-corrected chi connectivity index (χ2v) is 5.22. The lowest BCUT2D eigenvalue weighted by Crippen LogP contribution is -2.06. The van der Waals surface area contributed by atoms with Gasteiger partial charge in [0, 0.05) is 25.9 Å². The summed E-state index contributed by atoms with van der Waals surface area (Å²) in [5.74, 6) is -0.321. The molecule has 23 heavy (non-hydrogen) atoms. The average Bonchev–Trinajstić information content (AvgIpc) is 3.12. The number of nitrogens with one attached hydrogen (secondary N) is 1. The van der Waals surface area contributed by atoms with Gasteiger partial charge in [0.1, 0.15) is 5.52 Å². The highest BCUT2D eigenvalue weighted by atomic mass is 19.4. The molecule has 0 aliphatic rings. The summed E-state index contributed by atoms with van der Waals surface area (Å²) in [5.41, 5.74) is 0.356. The van der Waals surface area contributed by atoms with Crippen molar-refractivity contribution < 1.29 is 18.0 Å². The van der Waals surface area contributed by atoms with Gasteiger partial charge in [0.2, 0.25) is 0 Å². The Morgan fingerprint density at radius 3 is 2.57 bits per heavy atom. The molecule has 0 atom stereocenters. The molecule has 0 unspecified atom stereocenters. The monoisotopic (exact) mass is 321 g/mol. The van der Waals surface area contributed by atoms with E-state index in [1.165, 1.54) is 11.5 Å². The van der Waals surface area contributed by atoms with Gasteiger partial charge in [0.25, 0.3) is 0 Å². The van der Waals surface area contributed by atoms with E-state index in [9.17, 15) is 18.0 Å². The molecule has 3 rings (SSSR count). The van der Waals surface area contributed by atoms with Gasteiger partial charge in [0.15, 0.2) is 11.6 Å². The normalized spacial score (nSPS) is 12.0. The fourth-order valence-corrected chi connectivity index (χ4v) is 2.70. The maximum Gasteiger partial charge on any atom is 0.418 e. The number of carbonyl (C=O) groups is 1. The van der Waals surface area contributed by atoms with E-state index in [-0.39, 0.29) is 17.1 Å². The Kier molecular flexibility index (Phi) is 3.50. The fraction of sp³-hybridized carbons (Fsp3) is 0.250. The number of fused-ring (bicyclic) bond motifs is 1. The molecule has 4 nitrogen and oxygen atoms in total. The van der Waals surface area contributed by atoms with Crippen LogP contribution in [0.1, 0.15) is 30.0 Å². The van der Waals surface area contributed by atoms with Gasteiger partial charge in [-0.05, 0) is 36.2 Å². The van der Waals surface area contributed by atoms with E-state index in [0.717, 1.165) is 6.07 Å².